The topological polar surface area (TPSA) is 81.5 Å². The molecule has 0 aliphatic rings. The summed E-state index contributed by atoms with van der Waals surface area (Å²) in [7, 11) is 0. The number of nitrogens with one attached hydrogen (secondary N) is 1. The number of carbonyl (C=O) groups excluding carboxylic acids is 1. The van der Waals surface area contributed by atoms with Crippen molar-refractivity contribution in [3.05, 3.63) is 39.7 Å². The van der Waals surface area contributed by atoms with Crippen molar-refractivity contribution in [1.29, 1.82) is 0 Å². The van der Waals surface area contributed by atoms with Crippen molar-refractivity contribution < 1.29 is 18.8 Å². The van der Waals surface area contributed by atoms with Crippen LogP contribution in [0.3, 0.4) is 0 Å². The Labute approximate surface area is 109 Å². The number of nitro groups is 1. The molecule has 0 saturated heterocycles. The third kappa shape index (κ3) is 4.29. The minimum absolute atomic E-state index is 0.0337. The second-order valence-corrected chi connectivity index (χ2v) is 3.96. The summed E-state index contributed by atoms with van der Waals surface area (Å²) in [6.45, 7) is 4.46. The van der Waals surface area contributed by atoms with Crippen molar-refractivity contribution in [3.63, 3.8) is 0 Å². The average molecular weight is 270 g/mol. The van der Waals surface area contributed by atoms with Gasteiger partial charge in [0.05, 0.1) is 11.5 Å². The van der Waals surface area contributed by atoms with E-state index in [1.165, 1.54) is 6.07 Å². The van der Waals surface area contributed by atoms with E-state index >= 15 is 0 Å². The number of amides is 1. The quantitative estimate of drug-likeness (QED) is 0.632. The molecule has 1 rings (SSSR count). The maximum Gasteiger partial charge on any atom is 0.304 e. The summed E-state index contributed by atoms with van der Waals surface area (Å²) in [6.07, 6.45) is 0. The predicted octanol–water partition coefficient (Wildman–Crippen LogP) is 1.89. The molecule has 1 aromatic rings. The number of nitrogens with zero attached hydrogens (tertiary/aromatic N) is 1. The van der Waals surface area contributed by atoms with Gasteiger partial charge >= 0.3 is 5.69 Å². The number of carbonyl (C=O) groups is 1. The molecule has 0 aliphatic carbocycles. The second kappa shape index (κ2) is 6.79. The van der Waals surface area contributed by atoms with Gasteiger partial charge in [0.25, 0.3) is 5.91 Å². The maximum atomic E-state index is 13.4. The molecule has 0 spiro atoms. The first-order valence-corrected chi connectivity index (χ1v) is 5.78. The highest BCUT2D eigenvalue weighted by atomic mass is 19.1. The van der Waals surface area contributed by atoms with Crippen LogP contribution in [0.5, 0.6) is 0 Å². The fourth-order valence-electron chi connectivity index (χ4n) is 1.44. The molecule has 0 aromatic heterocycles. The maximum absolute atomic E-state index is 13.4. The van der Waals surface area contributed by atoms with E-state index in [-0.39, 0.29) is 11.6 Å². The van der Waals surface area contributed by atoms with Crippen LogP contribution in [0.2, 0.25) is 0 Å². The van der Waals surface area contributed by atoms with Gasteiger partial charge in [-0.25, -0.2) is 0 Å². The first-order chi connectivity index (χ1) is 8.95. The summed E-state index contributed by atoms with van der Waals surface area (Å²) >= 11 is 0. The summed E-state index contributed by atoms with van der Waals surface area (Å²) in [5.41, 5.74) is -0.620. The first-order valence-electron chi connectivity index (χ1n) is 5.78. The van der Waals surface area contributed by atoms with E-state index in [1.54, 1.807) is 6.92 Å². The van der Waals surface area contributed by atoms with Crippen LogP contribution in [0.15, 0.2) is 18.2 Å². The molecule has 7 heteroatoms. The molecule has 0 fully saturated rings. The van der Waals surface area contributed by atoms with E-state index in [1.807, 2.05) is 6.92 Å². The average Bonchev–Trinajstić information content (AvgIpc) is 2.35. The summed E-state index contributed by atoms with van der Waals surface area (Å²) in [5, 5.41) is 13.1. The SMILES string of the molecule is CCOCC(C)NC(=O)c1ccc([N+](=O)[O-])c(F)c1. The number of hydrogen-bond acceptors (Lipinski definition) is 4. The zero-order valence-corrected chi connectivity index (χ0v) is 10.7. The van der Waals surface area contributed by atoms with Gasteiger partial charge in [-0.15, -0.1) is 0 Å². The number of benzene rings is 1. The van der Waals surface area contributed by atoms with Crippen LogP contribution >= 0.6 is 0 Å². The van der Waals surface area contributed by atoms with E-state index in [0.29, 0.717) is 13.2 Å². The highest BCUT2D eigenvalue weighted by Gasteiger charge is 2.17. The lowest BCUT2D eigenvalue weighted by atomic mass is 10.1. The molecule has 1 aromatic carbocycles. The number of halogens is 1. The summed E-state index contributed by atoms with van der Waals surface area (Å²) in [5.74, 6) is -1.53. The highest BCUT2D eigenvalue weighted by molar-refractivity contribution is 5.94. The number of hydrogen-bond donors (Lipinski definition) is 1. The van der Waals surface area contributed by atoms with Crippen LogP contribution in [-0.2, 0) is 4.74 Å². The Kier molecular flexibility index (Phi) is 5.37. The zero-order chi connectivity index (χ0) is 14.4. The Morgan fingerprint density at radius 1 is 1.58 bits per heavy atom. The monoisotopic (exact) mass is 270 g/mol. The molecule has 1 N–H and O–H groups in total. The third-order valence-corrected chi connectivity index (χ3v) is 2.36. The van der Waals surface area contributed by atoms with Gasteiger partial charge in [-0.2, -0.15) is 4.39 Å². The molecule has 0 saturated carbocycles. The first kappa shape index (κ1) is 15.0. The normalized spacial score (nSPS) is 11.9. The van der Waals surface area contributed by atoms with Crippen LogP contribution < -0.4 is 5.32 Å². The molecule has 19 heavy (non-hydrogen) atoms. The van der Waals surface area contributed by atoms with E-state index in [2.05, 4.69) is 5.32 Å². The Balaban J connectivity index is 2.72. The predicted molar refractivity (Wildman–Crippen MR) is 66.5 cm³/mol. The summed E-state index contributed by atoms with van der Waals surface area (Å²) < 4.78 is 18.5. The molecule has 1 amide bonds. The summed E-state index contributed by atoms with van der Waals surface area (Å²) in [4.78, 5) is 21.4. The second-order valence-electron chi connectivity index (χ2n) is 3.96. The van der Waals surface area contributed by atoms with Gasteiger partial charge < -0.3 is 10.1 Å². The molecular formula is C12H15FN2O4. The third-order valence-electron chi connectivity index (χ3n) is 2.36. The van der Waals surface area contributed by atoms with Crippen LogP contribution in [-0.4, -0.2) is 30.1 Å². The molecule has 0 radical (unpaired) electrons. The van der Waals surface area contributed by atoms with Crippen LogP contribution in [0, 0.1) is 15.9 Å². The Bertz CT molecular complexity index is 479. The van der Waals surface area contributed by atoms with Gasteiger partial charge in [0.1, 0.15) is 0 Å². The van der Waals surface area contributed by atoms with Crippen LogP contribution in [0.1, 0.15) is 24.2 Å². The number of ether oxygens (including phenoxy) is 1. The molecule has 0 bridgehead atoms. The van der Waals surface area contributed by atoms with Crippen LogP contribution in [0.25, 0.3) is 0 Å². The van der Waals surface area contributed by atoms with Crippen molar-refractivity contribution in [2.75, 3.05) is 13.2 Å². The molecule has 0 aliphatic heterocycles. The molecular weight excluding hydrogens is 255 g/mol. The van der Waals surface area contributed by atoms with Crippen molar-refractivity contribution in [3.8, 4) is 0 Å². The fraction of sp³-hybridized carbons (Fsp3) is 0.417. The van der Waals surface area contributed by atoms with Crippen LogP contribution in [0.4, 0.5) is 10.1 Å². The lowest BCUT2D eigenvalue weighted by molar-refractivity contribution is -0.387. The zero-order valence-electron chi connectivity index (χ0n) is 10.7. The van der Waals surface area contributed by atoms with Gasteiger partial charge in [-0.05, 0) is 26.0 Å². The lowest BCUT2D eigenvalue weighted by Gasteiger charge is -2.13. The minimum Gasteiger partial charge on any atom is -0.380 e. The van der Waals surface area contributed by atoms with Gasteiger partial charge in [0.2, 0.25) is 5.82 Å². The van der Waals surface area contributed by atoms with Gasteiger partial charge in [-0.1, -0.05) is 0 Å². The van der Waals surface area contributed by atoms with E-state index < -0.39 is 22.3 Å². The van der Waals surface area contributed by atoms with Crippen molar-refractivity contribution >= 4 is 11.6 Å². The fourth-order valence-corrected chi connectivity index (χ4v) is 1.44. The summed E-state index contributed by atoms with van der Waals surface area (Å²) in [6, 6.07) is 2.80. The number of nitro benzene ring substituents is 1. The Morgan fingerprint density at radius 3 is 2.79 bits per heavy atom. The molecule has 1 atom stereocenters. The minimum atomic E-state index is -1.03. The number of rotatable bonds is 6. The Hall–Kier alpha value is -2.02. The van der Waals surface area contributed by atoms with E-state index in [0.717, 1.165) is 12.1 Å². The van der Waals surface area contributed by atoms with Gasteiger partial charge in [0.15, 0.2) is 0 Å². The van der Waals surface area contributed by atoms with Gasteiger partial charge in [0, 0.05) is 24.3 Å². The molecule has 1 unspecified atom stereocenters. The Morgan fingerprint density at radius 2 is 2.26 bits per heavy atom. The van der Waals surface area contributed by atoms with Crippen molar-refractivity contribution in [2.45, 2.75) is 19.9 Å². The lowest BCUT2D eigenvalue weighted by Crippen LogP contribution is -2.35. The van der Waals surface area contributed by atoms with Gasteiger partial charge in [-0.3, -0.25) is 14.9 Å². The van der Waals surface area contributed by atoms with Crippen molar-refractivity contribution in [2.24, 2.45) is 0 Å². The molecule has 0 heterocycles. The molecule has 6 nitrogen and oxygen atoms in total. The van der Waals surface area contributed by atoms with E-state index in [4.69, 9.17) is 4.74 Å². The smallest absolute Gasteiger partial charge is 0.304 e. The molecule has 104 valence electrons. The largest absolute Gasteiger partial charge is 0.380 e. The van der Waals surface area contributed by atoms with Crippen molar-refractivity contribution in [1.82, 2.24) is 5.32 Å². The highest BCUT2D eigenvalue weighted by Crippen LogP contribution is 2.17. The standard InChI is InChI=1S/C12H15FN2O4/c1-3-19-7-8(2)14-12(16)9-4-5-11(15(17)18)10(13)6-9/h4-6,8H,3,7H2,1-2H3,(H,14,16). The van der Waals surface area contributed by atoms with E-state index in [9.17, 15) is 19.3 Å².